The van der Waals surface area contributed by atoms with Crippen LogP contribution in [0, 0.1) is 0 Å². The van der Waals surface area contributed by atoms with Crippen LogP contribution in [0.5, 0.6) is 0 Å². The van der Waals surface area contributed by atoms with Crippen molar-refractivity contribution in [1.82, 2.24) is 9.78 Å². The fourth-order valence-electron chi connectivity index (χ4n) is 3.31. The lowest BCUT2D eigenvalue weighted by Gasteiger charge is -2.11. The molecule has 1 aliphatic heterocycles. The Morgan fingerprint density at radius 2 is 1.43 bits per heavy atom. The molecule has 2 aromatic carbocycles. The van der Waals surface area contributed by atoms with E-state index in [2.05, 4.69) is 10.2 Å². The van der Waals surface area contributed by atoms with Crippen molar-refractivity contribution in [1.29, 1.82) is 0 Å². The first-order chi connectivity index (χ1) is 16.7. The van der Waals surface area contributed by atoms with Crippen molar-refractivity contribution in [2.45, 2.75) is 0 Å². The van der Waals surface area contributed by atoms with E-state index in [1.54, 1.807) is 0 Å². The first-order valence-electron chi connectivity index (χ1n) is 10.0. The number of aromatic nitrogens is 2. The predicted octanol–water partition coefficient (Wildman–Crippen LogP) is 1.40. The number of nitrogens with one attached hydrogen (secondary N) is 1. The molecule has 4 rings (SSSR count). The third-order valence-corrected chi connectivity index (χ3v) is 5.12. The van der Waals surface area contributed by atoms with Crippen molar-refractivity contribution in [3.8, 4) is 5.69 Å². The van der Waals surface area contributed by atoms with E-state index in [0.29, 0.717) is 11.4 Å². The molecule has 176 valence electrons. The monoisotopic (exact) mass is 474 g/mol. The number of amidine groups is 1. The van der Waals surface area contributed by atoms with Crippen LogP contribution in [-0.4, -0.2) is 43.7 Å². The summed E-state index contributed by atoms with van der Waals surface area (Å²) >= 11 is 0. The number of aromatic amines is 1. The van der Waals surface area contributed by atoms with E-state index in [4.69, 9.17) is 21.7 Å². The molecule has 0 saturated heterocycles. The van der Waals surface area contributed by atoms with Crippen molar-refractivity contribution < 1.29 is 24.6 Å². The number of carbonyl (C=O) groups excluding carboxylic acids is 1. The van der Waals surface area contributed by atoms with Crippen LogP contribution < -0.4 is 22.0 Å². The van der Waals surface area contributed by atoms with Crippen LogP contribution in [0.15, 0.2) is 76.2 Å². The molecule has 1 amide bonds. The first kappa shape index (κ1) is 22.8. The minimum Gasteiger partial charge on any atom is -0.478 e. The average molecular weight is 474 g/mol. The van der Waals surface area contributed by atoms with Gasteiger partial charge in [0.2, 0.25) is 0 Å². The molecule has 7 N–H and O–H groups in total. The molecule has 0 spiro atoms. The summed E-state index contributed by atoms with van der Waals surface area (Å²) in [5.74, 6) is -2.72. The number of carbonyl (C=O) groups is 3. The number of hydrogen-bond acceptors (Lipinski definition) is 7. The molecule has 1 aliphatic rings. The summed E-state index contributed by atoms with van der Waals surface area (Å²) in [4.78, 5) is 47.5. The third-order valence-electron chi connectivity index (χ3n) is 5.12. The van der Waals surface area contributed by atoms with Crippen molar-refractivity contribution >= 4 is 41.3 Å². The summed E-state index contributed by atoms with van der Waals surface area (Å²) in [6, 6.07) is 11.2. The molecule has 0 unspecified atom stereocenters. The average Bonchev–Trinajstić information content (AvgIpc) is 3.28. The molecule has 0 atom stereocenters. The highest BCUT2D eigenvalue weighted by Gasteiger charge is 2.29. The number of hydrazone groups is 1. The topological polar surface area (TPSA) is 197 Å². The second-order valence-corrected chi connectivity index (χ2v) is 7.33. The van der Waals surface area contributed by atoms with Crippen molar-refractivity contribution in [2.24, 2.45) is 10.8 Å². The zero-order valence-electron chi connectivity index (χ0n) is 17.9. The number of carboxylic acids is 2. The van der Waals surface area contributed by atoms with Gasteiger partial charge in [0.05, 0.1) is 33.6 Å². The molecule has 2 heterocycles. The minimum absolute atomic E-state index is 0.0556. The Bertz CT molecular complexity index is 1490. The van der Waals surface area contributed by atoms with Gasteiger partial charge in [0.1, 0.15) is 5.82 Å². The van der Waals surface area contributed by atoms with Crippen molar-refractivity contribution in [3.05, 3.63) is 93.3 Å². The smallest absolute Gasteiger partial charge is 0.335 e. The second-order valence-electron chi connectivity index (χ2n) is 7.33. The number of aromatic carboxylic acids is 2. The zero-order chi connectivity index (χ0) is 25.3. The Labute approximate surface area is 196 Å². The molecule has 0 aliphatic carbocycles. The number of hydrogen-bond donors (Lipinski definition) is 5. The molecule has 0 radical (unpaired) electrons. The number of carboxylic acid groups (broad SMARTS) is 2. The molecule has 3 aromatic rings. The van der Waals surface area contributed by atoms with Crippen LogP contribution in [0.2, 0.25) is 0 Å². The molecular weight excluding hydrogens is 456 g/mol. The standard InChI is InChI=1S/C23H18N6O6/c24-18-16(20(30)28(26-18)14-8-4-12(5-9-14)22(32)33)2-1-3-17-19(25)27-29(21(17)31)15-10-6-13(7-11-15)23(34)35/h1-11,26H,24H2,(H2,25,27)(H,32,33)(H,34,35). The van der Waals surface area contributed by atoms with Gasteiger partial charge in [-0.15, -0.1) is 5.10 Å². The molecule has 35 heavy (non-hydrogen) atoms. The third kappa shape index (κ3) is 4.30. The van der Waals surface area contributed by atoms with E-state index >= 15 is 0 Å². The number of benzene rings is 2. The van der Waals surface area contributed by atoms with Crippen molar-refractivity contribution in [2.75, 3.05) is 10.7 Å². The maximum atomic E-state index is 12.8. The fourth-order valence-corrected chi connectivity index (χ4v) is 3.31. The fraction of sp³-hybridized carbons (Fsp3) is 0. The molecule has 12 heteroatoms. The Morgan fingerprint density at radius 1 is 0.886 bits per heavy atom. The molecular formula is C23H18N6O6. The van der Waals surface area contributed by atoms with Crippen LogP contribution in [0.4, 0.5) is 11.5 Å². The molecule has 0 saturated carbocycles. The summed E-state index contributed by atoms with van der Waals surface area (Å²) in [6.07, 6.45) is 4.20. The number of amides is 1. The summed E-state index contributed by atoms with van der Waals surface area (Å²) in [7, 11) is 0. The van der Waals surface area contributed by atoms with Crippen LogP contribution in [0.3, 0.4) is 0 Å². The van der Waals surface area contributed by atoms with Gasteiger partial charge in [-0.3, -0.25) is 14.7 Å². The van der Waals surface area contributed by atoms with Gasteiger partial charge in [-0.2, -0.15) is 5.01 Å². The van der Waals surface area contributed by atoms with Gasteiger partial charge in [-0.05, 0) is 60.7 Å². The second kappa shape index (κ2) is 8.86. The van der Waals surface area contributed by atoms with E-state index in [1.807, 2.05) is 0 Å². The summed E-state index contributed by atoms with van der Waals surface area (Å²) in [5.41, 5.74) is 12.4. The number of allylic oxidation sites excluding steroid dienone is 2. The van der Waals surface area contributed by atoms with Crippen LogP contribution in [0.25, 0.3) is 11.8 Å². The minimum atomic E-state index is -1.10. The van der Waals surface area contributed by atoms with Crippen LogP contribution in [0.1, 0.15) is 26.3 Å². The van der Waals surface area contributed by atoms with E-state index in [-0.39, 0.29) is 33.9 Å². The lowest BCUT2D eigenvalue weighted by molar-refractivity contribution is -0.114. The highest BCUT2D eigenvalue weighted by Crippen LogP contribution is 2.23. The Balaban J connectivity index is 1.56. The first-order valence-corrected chi connectivity index (χ1v) is 10.0. The van der Waals surface area contributed by atoms with E-state index in [1.165, 1.54) is 66.8 Å². The highest BCUT2D eigenvalue weighted by atomic mass is 16.4. The summed E-state index contributed by atoms with van der Waals surface area (Å²) in [5, 5.41) is 25.8. The van der Waals surface area contributed by atoms with Crippen LogP contribution >= 0.6 is 0 Å². The van der Waals surface area contributed by atoms with Gasteiger partial charge in [0.15, 0.2) is 5.84 Å². The zero-order valence-corrected chi connectivity index (χ0v) is 17.9. The number of nitrogens with zero attached hydrogens (tertiary/aromatic N) is 3. The maximum Gasteiger partial charge on any atom is 0.335 e. The Kier molecular flexibility index (Phi) is 5.77. The molecule has 12 nitrogen and oxygen atoms in total. The molecule has 1 aromatic heterocycles. The molecule has 0 bridgehead atoms. The normalized spacial score (nSPS) is 14.6. The Hall–Kier alpha value is -5.39. The number of nitrogen functional groups attached to an aromatic ring is 1. The number of H-pyrrole nitrogens is 1. The summed E-state index contributed by atoms with van der Waals surface area (Å²) < 4.78 is 1.16. The van der Waals surface area contributed by atoms with Gasteiger partial charge < -0.3 is 21.7 Å². The van der Waals surface area contributed by atoms with E-state index in [9.17, 15) is 19.2 Å². The van der Waals surface area contributed by atoms with Crippen LogP contribution in [-0.2, 0) is 4.79 Å². The SMILES string of the molecule is NC1=NN(c2ccc(C(=O)O)cc2)C(=O)C1=CC=Cc1c(N)[nH]n(-c2ccc(C(=O)O)cc2)c1=O. The quantitative estimate of drug-likeness (QED) is 0.330. The largest absolute Gasteiger partial charge is 0.478 e. The molecule has 0 fully saturated rings. The Morgan fingerprint density at radius 3 is 1.97 bits per heavy atom. The summed E-state index contributed by atoms with van der Waals surface area (Å²) in [6.45, 7) is 0. The number of anilines is 2. The highest BCUT2D eigenvalue weighted by molar-refractivity contribution is 6.29. The van der Waals surface area contributed by atoms with Gasteiger partial charge in [0.25, 0.3) is 11.5 Å². The number of nitrogens with two attached hydrogens (primary N) is 2. The van der Waals surface area contributed by atoms with Gasteiger partial charge in [0, 0.05) is 0 Å². The van der Waals surface area contributed by atoms with Crippen molar-refractivity contribution in [3.63, 3.8) is 0 Å². The predicted molar refractivity (Wildman–Crippen MR) is 127 cm³/mol. The lowest BCUT2D eigenvalue weighted by atomic mass is 10.1. The van der Waals surface area contributed by atoms with E-state index in [0.717, 1.165) is 9.69 Å². The van der Waals surface area contributed by atoms with E-state index < -0.39 is 23.4 Å². The van der Waals surface area contributed by atoms with Gasteiger partial charge in [-0.1, -0.05) is 6.08 Å². The lowest BCUT2D eigenvalue weighted by Crippen LogP contribution is -2.22. The number of rotatable bonds is 6. The van der Waals surface area contributed by atoms with Gasteiger partial charge in [-0.25, -0.2) is 14.3 Å². The van der Waals surface area contributed by atoms with Gasteiger partial charge >= 0.3 is 11.9 Å². The maximum absolute atomic E-state index is 12.8.